The predicted octanol–water partition coefficient (Wildman–Crippen LogP) is 3.49. The van der Waals surface area contributed by atoms with Crippen LogP contribution < -0.4 is 11.1 Å². The van der Waals surface area contributed by atoms with Gasteiger partial charge in [0.2, 0.25) is 0 Å². The summed E-state index contributed by atoms with van der Waals surface area (Å²) in [5, 5.41) is 4.86. The second kappa shape index (κ2) is 5.78. The zero-order chi connectivity index (χ0) is 14.9. The van der Waals surface area contributed by atoms with Gasteiger partial charge in [0.05, 0.1) is 15.7 Å². The van der Waals surface area contributed by atoms with Gasteiger partial charge in [-0.3, -0.25) is 14.9 Å². The predicted molar refractivity (Wildman–Crippen MR) is 80.9 cm³/mol. The van der Waals surface area contributed by atoms with Gasteiger partial charge >= 0.3 is 0 Å². The molecule has 1 amide bonds. The Hall–Kier alpha value is -1.63. The number of ketones is 1. The van der Waals surface area contributed by atoms with E-state index in [1.165, 1.54) is 19.1 Å². The third-order valence-corrected chi connectivity index (χ3v) is 3.81. The summed E-state index contributed by atoms with van der Waals surface area (Å²) in [5.41, 5.74) is 6.38. The van der Waals surface area contributed by atoms with Crippen LogP contribution in [0.25, 0.3) is 0 Å². The first-order chi connectivity index (χ1) is 9.38. The number of anilines is 2. The molecule has 1 aromatic heterocycles. The van der Waals surface area contributed by atoms with Crippen molar-refractivity contribution in [3.63, 3.8) is 0 Å². The Kier molecular flexibility index (Phi) is 4.27. The summed E-state index contributed by atoms with van der Waals surface area (Å²) in [7, 11) is 0. The second-order valence-electron chi connectivity index (χ2n) is 3.90. The summed E-state index contributed by atoms with van der Waals surface area (Å²) in [6.07, 6.45) is 0. The second-order valence-corrected chi connectivity index (χ2v) is 5.57. The van der Waals surface area contributed by atoms with Crippen molar-refractivity contribution in [2.24, 2.45) is 0 Å². The quantitative estimate of drug-likeness (QED) is 0.666. The van der Waals surface area contributed by atoms with E-state index in [1.807, 2.05) is 0 Å². The third kappa shape index (κ3) is 3.09. The van der Waals surface area contributed by atoms with E-state index < -0.39 is 5.91 Å². The first-order valence-corrected chi connectivity index (χ1v) is 7.04. The highest BCUT2D eigenvalue weighted by atomic mass is 35.5. The van der Waals surface area contributed by atoms with E-state index in [0.29, 0.717) is 10.8 Å². The van der Waals surface area contributed by atoms with Gasteiger partial charge in [0.15, 0.2) is 10.9 Å². The van der Waals surface area contributed by atoms with Crippen molar-refractivity contribution in [1.82, 2.24) is 4.98 Å². The lowest BCUT2D eigenvalue weighted by Gasteiger charge is -2.06. The number of thiazole rings is 1. The highest BCUT2D eigenvalue weighted by Gasteiger charge is 2.13. The maximum absolute atomic E-state index is 12.0. The van der Waals surface area contributed by atoms with Crippen molar-refractivity contribution in [2.45, 2.75) is 6.92 Å². The topological polar surface area (TPSA) is 85.1 Å². The van der Waals surface area contributed by atoms with Crippen molar-refractivity contribution in [1.29, 1.82) is 0 Å². The number of amides is 1. The van der Waals surface area contributed by atoms with Crippen LogP contribution in [0.15, 0.2) is 17.5 Å². The molecule has 0 radical (unpaired) electrons. The van der Waals surface area contributed by atoms with Crippen molar-refractivity contribution in [3.05, 3.63) is 38.8 Å². The number of nitrogens with two attached hydrogens (primary N) is 1. The Bertz CT molecular complexity index is 677. The van der Waals surface area contributed by atoms with Gasteiger partial charge in [-0.15, -0.1) is 11.3 Å². The largest absolute Gasteiger partial charge is 0.396 e. The highest BCUT2D eigenvalue weighted by Crippen LogP contribution is 2.29. The molecule has 0 bridgehead atoms. The van der Waals surface area contributed by atoms with E-state index in [0.717, 1.165) is 11.3 Å². The van der Waals surface area contributed by atoms with Crippen molar-refractivity contribution in [3.8, 4) is 0 Å². The van der Waals surface area contributed by atoms with Gasteiger partial charge in [-0.1, -0.05) is 23.2 Å². The van der Waals surface area contributed by atoms with Gasteiger partial charge in [0, 0.05) is 17.9 Å². The smallest absolute Gasteiger partial charge is 0.257 e. The molecular weight excluding hydrogens is 321 g/mol. The number of aromatic nitrogens is 1. The van der Waals surface area contributed by atoms with Crippen LogP contribution in [0.3, 0.4) is 0 Å². The Morgan fingerprint density at radius 2 is 1.90 bits per heavy atom. The number of carbonyl (C=O) groups excluding carboxylic acids is 2. The van der Waals surface area contributed by atoms with E-state index in [9.17, 15) is 9.59 Å². The van der Waals surface area contributed by atoms with Gasteiger partial charge in [0.1, 0.15) is 5.69 Å². The molecule has 0 fully saturated rings. The number of nitrogen functional groups attached to an aromatic ring is 1. The van der Waals surface area contributed by atoms with E-state index >= 15 is 0 Å². The summed E-state index contributed by atoms with van der Waals surface area (Å²) in [4.78, 5) is 27.1. The summed E-state index contributed by atoms with van der Waals surface area (Å²) < 4.78 is 0. The average molecular weight is 330 g/mol. The van der Waals surface area contributed by atoms with Crippen LogP contribution in [0, 0.1) is 0 Å². The number of nitrogens with one attached hydrogen (secondary N) is 1. The normalized spacial score (nSPS) is 10.3. The number of hydrogen-bond donors (Lipinski definition) is 2. The lowest BCUT2D eigenvalue weighted by atomic mass is 10.2. The monoisotopic (exact) mass is 329 g/mol. The average Bonchev–Trinajstić information content (AvgIpc) is 2.84. The summed E-state index contributed by atoms with van der Waals surface area (Å²) in [5.74, 6) is -0.599. The molecule has 3 N–H and O–H groups in total. The first-order valence-electron chi connectivity index (χ1n) is 5.41. The van der Waals surface area contributed by atoms with E-state index in [-0.39, 0.29) is 27.1 Å². The molecule has 20 heavy (non-hydrogen) atoms. The molecule has 0 atom stereocenters. The fourth-order valence-corrected chi connectivity index (χ4v) is 2.61. The zero-order valence-corrected chi connectivity index (χ0v) is 12.6. The molecule has 2 aromatic rings. The summed E-state index contributed by atoms with van der Waals surface area (Å²) in [6.45, 7) is 1.40. The molecule has 2 rings (SSSR count). The van der Waals surface area contributed by atoms with Crippen molar-refractivity contribution < 1.29 is 9.59 Å². The number of hydrogen-bond acceptors (Lipinski definition) is 5. The minimum Gasteiger partial charge on any atom is -0.396 e. The lowest BCUT2D eigenvalue weighted by molar-refractivity contribution is 0.100. The number of Topliss-reactive ketones (excluding diaryl/α,β-unsaturated/α-hetero) is 1. The third-order valence-electron chi connectivity index (χ3n) is 2.43. The zero-order valence-electron chi connectivity index (χ0n) is 10.2. The SMILES string of the molecule is CC(=O)c1csc(NC(=O)c2cc(Cl)c(N)c(Cl)c2)n1. The first kappa shape index (κ1) is 14.8. The van der Waals surface area contributed by atoms with Crippen LogP contribution in [0.1, 0.15) is 27.8 Å². The number of benzene rings is 1. The molecule has 0 saturated heterocycles. The molecule has 5 nitrogen and oxygen atoms in total. The van der Waals surface area contributed by atoms with E-state index in [1.54, 1.807) is 5.38 Å². The highest BCUT2D eigenvalue weighted by molar-refractivity contribution is 7.14. The van der Waals surface area contributed by atoms with Gasteiger partial charge in [-0.25, -0.2) is 4.98 Å². The molecule has 0 unspecified atom stereocenters. The van der Waals surface area contributed by atoms with E-state index in [4.69, 9.17) is 28.9 Å². The molecule has 104 valence electrons. The molecule has 0 saturated carbocycles. The van der Waals surface area contributed by atoms with Crippen LogP contribution in [0.5, 0.6) is 0 Å². The van der Waals surface area contributed by atoms with Gasteiger partial charge in [-0.05, 0) is 12.1 Å². The van der Waals surface area contributed by atoms with E-state index in [2.05, 4.69) is 10.3 Å². The number of halogens is 2. The summed E-state index contributed by atoms with van der Waals surface area (Å²) >= 11 is 12.9. The van der Waals surface area contributed by atoms with Gasteiger partial charge in [-0.2, -0.15) is 0 Å². The Balaban J connectivity index is 2.21. The van der Waals surface area contributed by atoms with Crippen LogP contribution in [-0.2, 0) is 0 Å². The molecule has 0 aliphatic rings. The minimum absolute atomic E-state index is 0.166. The Labute approximate surface area is 128 Å². The molecule has 8 heteroatoms. The number of carbonyl (C=O) groups is 2. The Morgan fingerprint density at radius 1 is 1.30 bits per heavy atom. The fraction of sp³-hybridized carbons (Fsp3) is 0.0833. The van der Waals surface area contributed by atoms with Gasteiger partial charge in [0.25, 0.3) is 5.91 Å². The number of nitrogens with zero attached hydrogens (tertiary/aromatic N) is 1. The van der Waals surface area contributed by atoms with Crippen LogP contribution in [-0.4, -0.2) is 16.7 Å². The summed E-state index contributed by atoms with van der Waals surface area (Å²) in [6, 6.07) is 2.83. The van der Waals surface area contributed by atoms with Gasteiger partial charge < -0.3 is 5.73 Å². The van der Waals surface area contributed by atoms with Crippen molar-refractivity contribution >= 4 is 57.0 Å². The standard InChI is InChI=1S/C12H9Cl2N3O2S/c1-5(18)9-4-20-12(16-9)17-11(19)6-2-7(13)10(15)8(14)3-6/h2-4H,15H2,1H3,(H,16,17,19). The molecular formula is C12H9Cl2N3O2S. The molecule has 0 aliphatic carbocycles. The molecule has 1 aromatic carbocycles. The number of rotatable bonds is 3. The maximum atomic E-state index is 12.0. The van der Waals surface area contributed by atoms with Crippen LogP contribution >= 0.6 is 34.5 Å². The maximum Gasteiger partial charge on any atom is 0.257 e. The fourth-order valence-electron chi connectivity index (χ4n) is 1.38. The molecule has 1 heterocycles. The molecule has 0 spiro atoms. The Morgan fingerprint density at radius 3 is 2.40 bits per heavy atom. The van der Waals surface area contributed by atoms with Crippen LogP contribution in [0.2, 0.25) is 10.0 Å². The van der Waals surface area contributed by atoms with Crippen molar-refractivity contribution in [2.75, 3.05) is 11.1 Å². The lowest BCUT2D eigenvalue weighted by Crippen LogP contribution is -2.12. The minimum atomic E-state index is -0.432. The molecule has 0 aliphatic heterocycles. The van der Waals surface area contributed by atoms with Crippen LogP contribution in [0.4, 0.5) is 10.8 Å².